The standard InChI is InChI=1S/C13H24N4O/c1-9(2)13-16-15-12(17(13)4)8-14-10(3)11-6-5-7-18-11/h9-11,14H,5-8H2,1-4H3/t10-,11+/m1/s1. The molecule has 2 heterocycles. The van der Waals surface area contributed by atoms with E-state index in [1.54, 1.807) is 0 Å². The van der Waals surface area contributed by atoms with Crippen molar-refractivity contribution in [3.8, 4) is 0 Å². The van der Waals surface area contributed by atoms with E-state index >= 15 is 0 Å². The van der Waals surface area contributed by atoms with E-state index in [-0.39, 0.29) is 0 Å². The van der Waals surface area contributed by atoms with Crippen LogP contribution in [0.5, 0.6) is 0 Å². The minimum Gasteiger partial charge on any atom is -0.377 e. The van der Waals surface area contributed by atoms with Crippen LogP contribution < -0.4 is 5.32 Å². The van der Waals surface area contributed by atoms with Gasteiger partial charge in [-0.2, -0.15) is 0 Å². The van der Waals surface area contributed by atoms with Gasteiger partial charge in [0.2, 0.25) is 0 Å². The summed E-state index contributed by atoms with van der Waals surface area (Å²) in [6.07, 6.45) is 2.69. The lowest BCUT2D eigenvalue weighted by atomic mass is 10.1. The van der Waals surface area contributed by atoms with Crippen molar-refractivity contribution in [1.82, 2.24) is 20.1 Å². The molecule has 1 saturated heterocycles. The van der Waals surface area contributed by atoms with Crippen molar-refractivity contribution in [2.75, 3.05) is 6.61 Å². The Morgan fingerprint density at radius 2 is 2.17 bits per heavy atom. The Morgan fingerprint density at radius 3 is 2.72 bits per heavy atom. The first-order chi connectivity index (χ1) is 8.59. The van der Waals surface area contributed by atoms with Crippen molar-refractivity contribution in [2.24, 2.45) is 7.05 Å². The topological polar surface area (TPSA) is 52.0 Å². The third-order valence-electron chi connectivity index (χ3n) is 3.62. The highest BCUT2D eigenvalue weighted by Crippen LogP contribution is 2.16. The van der Waals surface area contributed by atoms with E-state index in [9.17, 15) is 0 Å². The molecule has 18 heavy (non-hydrogen) atoms. The summed E-state index contributed by atoms with van der Waals surface area (Å²) in [6.45, 7) is 8.09. The summed E-state index contributed by atoms with van der Waals surface area (Å²) in [5.74, 6) is 2.44. The fourth-order valence-electron chi connectivity index (χ4n) is 2.41. The van der Waals surface area contributed by atoms with Crippen molar-refractivity contribution in [1.29, 1.82) is 0 Å². The maximum absolute atomic E-state index is 5.67. The van der Waals surface area contributed by atoms with Gasteiger partial charge in [0, 0.05) is 25.6 Å². The lowest BCUT2D eigenvalue weighted by Gasteiger charge is -2.19. The molecule has 0 saturated carbocycles. The molecular weight excluding hydrogens is 228 g/mol. The van der Waals surface area contributed by atoms with E-state index in [1.165, 1.54) is 6.42 Å². The Balaban J connectivity index is 1.89. The molecule has 1 aromatic heterocycles. The number of aromatic nitrogens is 3. The van der Waals surface area contributed by atoms with Crippen LogP contribution in [-0.2, 0) is 18.3 Å². The zero-order valence-electron chi connectivity index (χ0n) is 11.8. The van der Waals surface area contributed by atoms with Gasteiger partial charge in [-0.25, -0.2) is 0 Å². The molecule has 0 aromatic carbocycles. The first kappa shape index (κ1) is 13.5. The third kappa shape index (κ3) is 2.90. The van der Waals surface area contributed by atoms with Gasteiger partial charge in [-0.3, -0.25) is 0 Å². The summed E-state index contributed by atoms with van der Waals surface area (Å²) in [7, 11) is 2.03. The molecule has 1 aliphatic rings. The molecule has 0 amide bonds. The molecule has 1 aromatic rings. The van der Waals surface area contributed by atoms with Crippen LogP contribution in [0.2, 0.25) is 0 Å². The summed E-state index contributed by atoms with van der Waals surface area (Å²) in [6, 6.07) is 0.367. The average Bonchev–Trinajstić information content (AvgIpc) is 2.95. The number of nitrogens with zero attached hydrogens (tertiary/aromatic N) is 3. The Bertz CT molecular complexity index is 382. The molecule has 0 bridgehead atoms. The smallest absolute Gasteiger partial charge is 0.146 e. The number of ether oxygens (including phenoxy) is 1. The van der Waals surface area contributed by atoms with Crippen LogP contribution in [0.4, 0.5) is 0 Å². The van der Waals surface area contributed by atoms with Gasteiger partial charge in [0.1, 0.15) is 11.6 Å². The number of nitrogens with one attached hydrogen (secondary N) is 1. The number of hydrogen-bond donors (Lipinski definition) is 1. The molecule has 0 spiro atoms. The molecule has 0 unspecified atom stereocenters. The second-order valence-electron chi connectivity index (χ2n) is 5.41. The van der Waals surface area contributed by atoms with E-state index in [0.717, 1.165) is 31.2 Å². The van der Waals surface area contributed by atoms with E-state index < -0.39 is 0 Å². The molecule has 1 fully saturated rings. The minimum absolute atomic E-state index is 0.350. The van der Waals surface area contributed by atoms with Crippen LogP contribution in [0.25, 0.3) is 0 Å². The predicted molar refractivity (Wildman–Crippen MR) is 70.4 cm³/mol. The van der Waals surface area contributed by atoms with Crippen molar-refractivity contribution < 1.29 is 4.74 Å². The van der Waals surface area contributed by atoms with E-state index in [4.69, 9.17) is 4.74 Å². The first-order valence-corrected chi connectivity index (χ1v) is 6.82. The van der Waals surface area contributed by atoms with Crippen LogP contribution in [0.3, 0.4) is 0 Å². The zero-order valence-corrected chi connectivity index (χ0v) is 11.8. The zero-order chi connectivity index (χ0) is 13.1. The van der Waals surface area contributed by atoms with Gasteiger partial charge in [0.15, 0.2) is 0 Å². The lowest BCUT2D eigenvalue weighted by molar-refractivity contribution is 0.0829. The first-order valence-electron chi connectivity index (χ1n) is 6.82. The monoisotopic (exact) mass is 252 g/mol. The Labute approximate surface area is 109 Å². The molecule has 2 atom stereocenters. The van der Waals surface area contributed by atoms with E-state index in [1.807, 2.05) is 7.05 Å². The highest BCUT2D eigenvalue weighted by molar-refractivity contribution is 4.99. The van der Waals surface area contributed by atoms with Crippen molar-refractivity contribution in [2.45, 2.75) is 58.2 Å². The van der Waals surface area contributed by atoms with Crippen LogP contribution in [0.1, 0.15) is 51.2 Å². The Kier molecular flexibility index (Phi) is 4.35. The fourth-order valence-corrected chi connectivity index (χ4v) is 2.41. The normalized spacial score (nSPS) is 21.7. The summed E-state index contributed by atoms with van der Waals surface area (Å²) in [5, 5.41) is 12.0. The van der Waals surface area contributed by atoms with Gasteiger partial charge in [0.25, 0.3) is 0 Å². The van der Waals surface area contributed by atoms with Crippen LogP contribution in [0.15, 0.2) is 0 Å². The van der Waals surface area contributed by atoms with Crippen molar-refractivity contribution in [3.05, 3.63) is 11.6 Å². The molecule has 2 rings (SSSR count). The van der Waals surface area contributed by atoms with Gasteiger partial charge < -0.3 is 14.6 Å². The van der Waals surface area contributed by atoms with Gasteiger partial charge in [-0.05, 0) is 19.8 Å². The summed E-state index contributed by atoms with van der Waals surface area (Å²) in [4.78, 5) is 0. The van der Waals surface area contributed by atoms with Crippen LogP contribution in [-0.4, -0.2) is 33.5 Å². The van der Waals surface area contributed by atoms with Crippen molar-refractivity contribution >= 4 is 0 Å². The fraction of sp³-hybridized carbons (Fsp3) is 0.846. The molecule has 5 heteroatoms. The van der Waals surface area contributed by atoms with Gasteiger partial charge in [0.05, 0.1) is 12.6 Å². The van der Waals surface area contributed by atoms with Gasteiger partial charge >= 0.3 is 0 Å². The minimum atomic E-state index is 0.350. The maximum Gasteiger partial charge on any atom is 0.146 e. The SMILES string of the molecule is CC(C)c1nnc(CN[C@H](C)[C@@H]2CCCO2)n1C. The molecule has 1 aliphatic heterocycles. The molecule has 102 valence electrons. The molecule has 0 aliphatic carbocycles. The quantitative estimate of drug-likeness (QED) is 0.864. The Morgan fingerprint density at radius 1 is 1.39 bits per heavy atom. The summed E-state index contributed by atoms with van der Waals surface area (Å²) in [5.41, 5.74) is 0. The van der Waals surface area contributed by atoms with Crippen LogP contribution >= 0.6 is 0 Å². The third-order valence-corrected chi connectivity index (χ3v) is 3.62. The van der Waals surface area contributed by atoms with E-state index in [2.05, 4.69) is 40.9 Å². The molecular formula is C13H24N4O. The molecule has 5 nitrogen and oxygen atoms in total. The average molecular weight is 252 g/mol. The van der Waals surface area contributed by atoms with Gasteiger partial charge in [-0.1, -0.05) is 13.8 Å². The summed E-state index contributed by atoms with van der Waals surface area (Å²) < 4.78 is 7.75. The van der Waals surface area contributed by atoms with Crippen molar-refractivity contribution in [3.63, 3.8) is 0 Å². The van der Waals surface area contributed by atoms with Crippen LogP contribution in [0, 0.1) is 0 Å². The summed E-state index contributed by atoms with van der Waals surface area (Å²) >= 11 is 0. The Hall–Kier alpha value is -0.940. The second-order valence-corrected chi connectivity index (χ2v) is 5.41. The predicted octanol–water partition coefficient (Wildman–Crippen LogP) is 1.60. The lowest BCUT2D eigenvalue weighted by Crippen LogP contribution is -2.37. The highest BCUT2D eigenvalue weighted by atomic mass is 16.5. The van der Waals surface area contributed by atoms with E-state index in [0.29, 0.717) is 18.1 Å². The second kappa shape index (κ2) is 5.80. The molecule has 0 radical (unpaired) electrons. The number of hydrogen-bond acceptors (Lipinski definition) is 4. The number of rotatable bonds is 5. The van der Waals surface area contributed by atoms with Gasteiger partial charge in [-0.15, -0.1) is 10.2 Å². The maximum atomic E-state index is 5.67. The largest absolute Gasteiger partial charge is 0.377 e. The molecule has 1 N–H and O–H groups in total. The highest BCUT2D eigenvalue weighted by Gasteiger charge is 2.22.